The van der Waals surface area contributed by atoms with Gasteiger partial charge in [-0.3, -0.25) is 0 Å². The molecule has 3 aromatic rings. The molecule has 8 heteroatoms. The summed E-state index contributed by atoms with van der Waals surface area (Å²) in [6.45, 7) is 4.10. The van der Waals surface area contributed by atoms with E-state index in [0.717, 1.165) is 22.8 Å². The second-order valence-corrected chi connectivity index (χ2v) is 5.83. The Labute approximate surface area is 142 Å². The van der Waals surface area contributed by atoms with Crippen molar-refractivity contribution in [1.29, 1.82) is 0 Å². The second kappa shape index (κ2) is 5.94. The van der Waals surface area contributed by atoms with E-state index < -0.39 is 11.7 Å². The zero-order valence-corrected chi connectivity index (χ0v) is 14.3. The van der Waals surface area contributed by atoms with Gasteiger partial charge >= 0.3 is 6.18 Å². The lowest BCUT2D eigenvalue weighted by Crippen LogP contribution is -2.12. The Morgan fingerprint density at radius 3 is 2.52 bits per heavy atom. The van der Waals surface area contributed by atoms with Crippen LogP contribution in [0.3, 0.4) is 0 Å². The van der Waals surface area contributed by atoms with E-state index in [1.165, 1.54) is 12.6 Å². The summed E-state index contributed by atoms with van der Waals surface area (Å²) in [6, 6.07) is 5.76. The van der Waals surface area contributed by atoms with E-state index in [1.807, 2.05) is 32.2 Å². The molecule has 2 N–H and O–H groups in total. The molecule has 1 aromatic carbocycles. The second-order valence-electron chi connectivity index (χ2n) is 5.83. The quantitative estimate of drug-likeness (QED) is 0.736. The summed E-state index contributed by atoms with van der Waals surface area (Å²) in [6.07, 6.45) is -3.73. The molecule has 132 valence electrons. The van der Waals surface area contributed by atoms with Gasteiger partial charge in [0.15, 0.2) is 0 Å². The third-order valence-electron chi connectivity index (χ3n) is 4.40. The number of alkyl halides is 3. The van der Waals surface area contributed by atoms with Crippen molar-refractivity contribution < 1.29 is 13.2 Å². The van der Waals surface area contributed by atoms with E-state index in [1.54, 1.807) is 0 Å². The minimum atomic E-state index is -4.51. The first kappa shape index (κ1) is 17.1. The Bertz CT molecular complexity index is 944. The summed E-state index contributed by atoms with van der Waals surface area (Å²) < 4.78 is 40.8. The number of benzene rings is 1. The van der Waals surface area contributed by atoms with Crippen molar-refractivity contribution in [1.82, 2.24) is 14.5 Å². The predicted molar refractivity (Wildman–Crippen MR) is 92.3 cm³/mol. The van der Waals surface area contributed by atoms with Gasteiger partial charge < -0.3 is 15.2 Å². The van der Waals surface area contributed by atoms with Gasteiger partial charge in [-0.25, -0.2) is 4.98 Å². The van der Waals surface area contributed by atoms with Gasteiger partial charge in [-0.2, -0.15) is 18.2 Å². The highest BCUT2D eigenvalue weighted by Gasteiger charge is 2.35. The molecule has 0 aliphatic carbocycles. The summed E-state index contributed by atoms with van der Waals surface area (Å²) in [7, 11) is 3.37. The first-order valence-corrected chi connectivity index (χ1v) is 7.67. The van der Waals surface area contributed by atoms with Crippen LogP contribution in [0.25, 0.3) is 10.9 Å². The van der Waals surface area contributed by atoms with E-state index in [0.29, 0.717) is 5.69 Å². The number of aromatic nitrogens is 3. The molecule has 0 aliphatic rings. The molecule has 0 spiro atoms. The number of rotatable bonds is 3. The zero-order valence-electron chi connectivity index (χ0n) is 14.3. The van der Waals surface area contributed by atoms with Crippen LogP contribution >= 0.6 is 0 Å². The minimum absolute atomic E-state index is 0.0966. The van der Waals surface area contributed by atoms with Crippen LogP contribution in [0.1, 0.15) is 16.8 Å². The van der Waals surface area contributed by atoms with Crippen molar-refractivity contribution in [2.75, 3.05) is 17.7 Å². The summed E-state index contributed by atoms with van der Waals surface area (Å²) in [5, 5.41) is 6.56. The molecule has 2 aromatic heterocycles. The largest absolute Gasteiger partial charge is 0.421 e. The van der Waals surface area contributed by atoms with Gasteiger partial charge in [0.1, 0.15) is 11.4 Å². The van der Waals surface area contributed by atoms with Crippen LogP contribution < -0.4 is 10.6 Å². The standard InChI is InChI=1S/C17H18F3N5/c1-9-10(2)25(4)14-7-11(5-6-12(9)14)23-16-22-8-13(17(18,19)20)15(21-3)24-16/h5-8H,1-4H3,(H2,21,22,23,24). The highest BCUT2D eigenvalue weighted by atomic mass is 19.4. The normalized spacial score (nSPS) is 11.8. The van der Waals surface area contributed by atoms with Gasteiger partial charge in [-0.1, -0.05) is 6.07 Å². The van der Waals surface area contributed by atoms with E-state index in [4.69, 9.17) is 0 Å². The topological polar surface area (TPSA) is 54.8 Å². The lowest BCUT2D eigenvalue weighted by molar-refractivity contribution is -0.137. The van der Waals surface area contributed by atoms with Crippen molar-refractivity contribution in [3.63, 3.8) is 0 Å². The first-order valence-electron chi connectivity index (χ1n) is 7.67. The first-order chi connectivity index (χ1) is 11.7. The van der Waals surface area contributed by atoms with Crippen molar-refractivity contribution >= 4 is 28.4 Å². The summed E-state index contributed by atoms with van der Waals surface area (Å²) in [4.78, 5) is 7.70. The molecule has 2 heterocycles. The number of fused-ring (bicyclic) bond motifs is 1. The predicted octanol–water partition coefficient (Wildman–Crippen LogP) is 4.39. The highest BCUT2D eigenvalue weighted by molar-refractivity contribution is 5.88. The van der Waals surface area contributed by atoms with Crippen molar-refractivity contribution in [2.45, 2.75) is 20.0 Å². The average molecular weight is 349 g/mol. The van der Waals surface area contributed by atoms with Gasteiger partial charge in [0.25, 0.3) is 0 Å². The van der Waals surface area contributed by atoms with Crippen LogP contribution in [0.4, 0.5) is 30.6 Å². The van der Waals surface area contributed by atoms with Crippen LogP contribution in [0, 0.1) is 13.8 Å². The number of nitrogens with one attached hydrogen (secondary N) is 2. The van der Waals surface area contributed by atoms with Crippen LogP contribution in [0.2, 0.25) is 0 Å². The van der Waals surface area contributed by atoms with Gasteiger partial charge in [0.05, 0.1) is 5.52 Å². The maximum Gasteiger partial charge on any atom is 0.421 e. The maximum atomic E-state index is 12.9. The number of nitrogens with zero attached hydrogens (tertiary/aromatic N) is 3. The third-order valence-corrected chi connectivity index (χ3v) is 4.40. The summed E-state index contributed by atoms with van der Waals surface area (Å²) >= 11 is 0. The van der Waals surface area contributed by atoms with E-state index >= 15 is 0 Å². The molecule has 0 bridgehead atoms. The number of halogens is 3. The van der Waals surface area contributed by atoms with Gasteiger partial charge in [-0.15, -0.1) is 0 Å². The monoisotopic (exact) mass is 349 g/mol. The third kappa shape index (κ3) is 2.99. The van der Waals surface area contributed by atoms with Crippen LogP contribution in [-0.2, 0) is 13.2 Å². The molecule has 3 rings (SSSR count). The van der Waals surface area contributed by atoms with Crippen LogP contribution in [0.15, 0.2) is 24.4 Å². The van der Waals surface area contributed by atoms with Crippen molar-refractivity contribution in [3.05, 3.63) is 41.2 Å². The number of anilines is 3. The molecule has 0 radical (unpaired) electrons. The number of hydrogen-bond acceptors (Lipinski definition) is 4. The molecule has 0 unspecified atom stereocenters. The molecule has 0 atom stereocenters. The summed E-state index contributed by atoms with van der Waals surface area (Å²) in [5.41, 5.74) is 3.20. The molecule has 0 aliphatic heterocycles. The average Bonchev–Trinajstić information content (AvgIpc) is 2.78. The fourth-order valence-electron chi connectivity index (χ4n) is 2.80. The highest BCUT2D eigenvalue weighted by Crippen LogP contribution is 2.34. The van der Waals surface area contributed by atoms with Gasteiger partial charge in [0, 0.05) is 37.1 Å². The Kier molecular flexibility index (Phi) is 4.06. The fraction of sp³-hybridized carbons (Fsp3) is 0.294. The molecular formula is C17H18F3N5. The Morgan fingerprint density at radius 2 is 1.88 bits per heavy atom. The van der Waals surface area contributed by atoms with Gasteiger partial charge in [-0.05, 0) is 31.5 Å². The molecular weight excluding hydrogens is 331 g/mol. The minimum Gasteiger partial charge on any atom is -0.372 e. The number of hydrogen-bond donors (Lipinski definition) is 2. The van der Waals surface area contributed by atoms with Crippen LogP contribution in [-0.4, -0.2) is 21.6 Å². The maximum absolute atomic E-state index is 12.9. The van der Waals surface area contributed by atoms with E-state index in [9.17, 15) is 13.2 Å². The zero-order chi connectivity index (χ0) is 18.4. The Morgan fingerprint density at radius 1 is 1.16 bits per heavy atom. The molecule has 0 saturated carbocycles. The molecule has 0 saturated heterocycles. The van der Waals surface area contributed by atoms with Crippen LogP contribution in [0.5, 0.6) is 0 Å². The SMILES string of the molecule is CNc1nc(Nc2ccc3c(C)c(C)n(C)c3c2)ncc1C(F)(F)F. The van der Waals surface area contributed by atoms with Crippen molar-refractivity contribution in [2.24, 2.45) is 7.05 Å². The van der Waals surface area contributed by atoms with E-state index in [2.05, 4.69) is 32.1 Å². The summed E-state index contributed by atoms with van der Waals surface area (Å²) in [5.74, 6) is -0.170. The fourth-order valence-corrected chi connectivity index (χ4v) is 2.80. The molecule has 0 amide bonds. The Hall–Kier alpha value is -2.77. The van der Waals surface area contributed by atoms with Crippen molar-refractivity contribution in [3.8, 4) is 0 Å². The lowest BCUT2D eigenvalue weighted by Gasteiger charge is -2.13. The smallest absolute Gasteiger partial charge is 0.372 e. The lowest BCUT2D eigenvalue weighted by atomic mass is 10.1. The van der Waals surface area contributed by atoms with E-state index in [-0.39, 0.29) is 11.8 Å². The Balaban J connectivity index is 1.97. The molecule has 5 nitrogen and oxygen atoms in total. The molecule has 0 fully saturated rings. The molecule has 25 heavy (non-hydrogen) atoms. The number of aryl methyl sites for hydroxylation is 2. The van der Waals surface area contributed by atoms with Gasteiger partial charge in [0.2, 0.25) is 5.95 Å².